The lowest BCUT2D eigenvalue weighted by atomic mass is 9.99. The van der Waals surface area contributed by atoms with Crippen LogP contribution in [-0.4, -0.2) is 25.8 Å². The normalized spacial score (nSPS) is 23.8. The fourth-order valence-electron chi connectivity index (χ4n) is 2.85. The predicted octanol–water partition coefficient (Wildman–Crippen LogP) is 2.97. The lowest BCUT2D eigenvalue weighted by molar-refractivity contribution is 0.0898. The maximum atomic E-state index is 5.85. The lowest BCUT2D eigenvalue weighted by Gasteiger charge is -2.24. The van der Waals surface area contributed by atoms with Crippen LogP contribution in [0.5, 0.6) is 0 Å². The van der Waals surface area contributed by atoms with Crippen molar-refractivity contribution < 1.29 is 4.74 Å². The molecule has 0 saturated heterocycles. The largest absolute Gasteiger partial charge is 0.380 e. The van der Waals surface area contributed by atoms with E-state index in [-0.39, 0.29) is 0 Å². The maximum Gasteiger partial charge on any atom is 0.0622 e. The summed E-state index contributed by atoms with van der Waals surface area (Å²) in [7, 11) is 0. The van der Waals surface area contributed by atoms with Crippen molar-refractivity contribution >= 4 is 0 Å². The summed E-state index contributed by atoms with van der Waals surface area (Å²) in [6.45, 7) is 5.20. The lowest BCUT2D eigenvalue weighted by Crippen LogP contribution is -2.39. The van der Waals surface area contributed by atoms with Gasteiger partial charge in [0.05, 0.1) is 6.61 Å². The topological polar surface area (TPSA) is 21.3 Å². The molecule has 2 heteroatoms. The van der Waals surface area contributed by atoms with Crippen molar-refractivity contribution in [1.82, 2.24) is 5.32 Å². The number of nitrogens with one attached hydrogen (secondary N) is 1. The van der Waals surface area contributed by atoms with Crippen LogP contribution in [0.3, 0.4) is 0 Å². The molecule has 2 saturated carbocycles. The highest BCUT2D eigenvalue weighted by molar-refractivity contribution is 4.80. The SMILES string of the molecule is CCNC(COCCC1CC1)C1CCCC1. The van der Waals surface area contributed by atoms with Crippen LogP contribution in [0.1, 0.15) is 51.9 Å². The standard InChI is InChI=1S/C14H27NO/c1-2-15-14(13-5-3-4-6-13)11-16-10-9-12-7-8-12/h12-15H,2-11H2,1H3. The summed E-state index contributed by atoms with van der Waals surface area (Å²) in [5, 5.41) is 3.60. The average molecular weight is 225 g/mol. The van der Waals surface area contributed by atoms with Crippen molar-refractivity contribution in [1.29, 1.82) is 0 Å². The third-order valence-corrected chi connectivity index (χ3v) is 4.10. The highest BCUT2D eigenvalue weighted by atomic mass is 16.5. The van der Waals surface area contributed by atoms with E-state index in [0.29, 0.717) is 6.04 Å². The van der Waals surface area contributed by atoms with Gasteiger partial charge in [0, 0.05) is 12.6 Å². The Bertz CT molecular complexity index is 185. The van der Waals surface area contributed by atoms with Gasteiger partial charge in [0.1, 0.15) is 0 Å². The van der Waals surface area contributed by atoms with Gasteiger partial charge in [-0.3, -0.25) is 0 Å². The molecule has 94 valence electrons. The minimum Gasteiger partial charge on any atom is -0.380 e. The summed E-state index contributed by atoms with van der Waals surface area (Å²) < 4.78 is 5.85. The molecule has 2 fully saturated rings. The Kier molecular flexibility index (Phi) is 5.11. The molecule has 0 aromatic rings. The summed E-state index contributed by atoms with van der Waals surface area (Å²) in [5.74, 6) is 1.88. The van der Waals surface area contributed by atoms with Gasteiger partial charge in [0.15, 0.2) is 0 Å². The second-order valence-electron chi connectivity index (χ2n) is 5.52. The quantitative estimate of drug-likeness (QED) is 0.641. The Hall–Kier alpha value is -0.0800. The van der Waals surface area contributed by atoms with Crippen molar-refractivity contribution in [2.75, 3.05) is 19.8 Å². The predicted molar refractivity (Wildman–Crippen MR) is 67.6 cm³/mol. The summed E-state index contributed by atoms with van der Waals surface area (Å²) in [4.78, 5) is 0. The van der Waals surface area contributed by atoms with Crippen LogP contribution < -0.4 is 5.32 Å². The van der Waals surface area contributed by atoms with Gasteiger partial charge in [0.25, 0.3) is 0 Å². The molecular weight excluding hydrogens is 198 g/mol. The molecule has 0 aromatic carbocycles. The molecule has 2 aliphatic carbocycles. The minimum absolute atomic E-state index is 0.617. The summed E-state index contributed by atoms with van der Waals surface area (Å²) in [5.41, 5.74) is 0. The first kappa shape index (κ1) is 12.4. The minimum atomic E-state index is 0.617. The van der Waals surface area contributed by atoms with Crippen LogP contribution >= 0.6 is 0 Å². The van der Waals surface area contributed by atoms with E-state index in [2.05, 4.69) is 12.2 Å². The smallest absolute Gasteiger partial charge is 0.0622 e. The highest BCUT2D eigenvalue weighted by Crippen LogP contribution is 2.32. The highest BCUT2D eigenvalue weighted by Gasteiger charge is 2.25. The van der Waals surface area contributed by atoms with Crippen molar-refractivity contribution in [2.24, 2.45) is 11.8 Å². The molecule has 0 bridgehead atoms. The molecule has 16 heavy (non-hydrogen) atoms. The van der Waals surface area contributed by atoms with E-state index >= 15 is 0 Å². The maximum absolute atomic E-state index is 5.85. The van der Waals surface area contributed by atoms with Crippen LogP contribution in [0.2, 0.25) is 0 Å². The third-order valence-electron chi connectivity index (χ3n) is 4.10. The molecule has 0 aliphatic heterocycles. The molecule has 0 spiro atoms. The molecule has 2 rings (SSSR count). The molecular formula is C14H27NO. The molecule has 2 aliphatic rings. The second kappa shape index (κ2) is 6.61. The van der Waals surface area contributed by atoms with E-state index in [4.69, 9.17) is 4.74 Å². The Morgan fingerprint density at radius 3 is 2.56 bits per heavy atom. The molecule has 0 amide bonds. The summed E-state index contributed by atoms with van der Waals surface area (Å²) in [6, 6.07) is 0.617. The van der Waals surface area contributed by atoms with Crippen LogP contribution in [0.25, 0.3) is 0 Å². The van der Waals surface area contributed by atoms with Crippen molar-refractivity contribution in [2.45, 2.75) is 57.9 Å². The Balaban J connectivity index is 1.60. The zero-order valence-electron chi connectivity index (χ0n) is 10.7. The molecule has 1 unspecified atom stereocenters. The van der Waals surface area contributed by atoms with E-state index in [0.717, 1.165) is 31.6 Å². The molecule has 1 atom stereocenters. The monoisotopic (exact) mass is 225 g/mol. The van der Waals surface area contributed by atoms with E-state index in [1.807, 2.05) is 0 Å². The first-order chi connectivity index (χ1) is 7.90. The van der Waals surface area contributed by atoms with Crippen LogP contribution in [0, 0.1) is 11.8 Å². The van der Waals surface area contributed by atoms with E-state index in [1.54, 1.807) is 0 Å². The summed E-state index contributed by atoms with van der Waals surface area (Å²) >= 11 is 0. The Morgan fingerprint density at radius 1 is 1.19 bits per heavy atom. The molecule has 2 nitrogen and oxygen atoms in total. The molecule has 0 heterocycles. The van der Waals surface area contributed by atoms with Crippen LogP contribution in [-0.2, 0) is 4.74 Å². The zero-order valence-corrected chi connectivity index (χ0v) is 10.7. The Labute approximate surface area is 100 Å². The zero-order chi connectivity index (χ0) is 11.2. The van der Waals surface area contributed by atoms with Crippen LogP contribution in [0.15, 0.2) is 0 Å². The van der Waals surface area contributed by atoms with E-state index in [9.17, 15) is 0 Å². The third kappa shape index (κ3) is 4.06. The van der Waals surface area contributed by atoms with Crippen molar-refractivity contribution in [3.63, 3.8) is 0 Å². The number of hydrogen-bond acceptors (Lipinski definition) is 2. The van der Waals surface area contributed by atoms with Gasteiger partial charge in [-0.1, -0.05) is 32.6 Å². The van der Waals surface area contributed by atoms with Crippen LogP contribution in [0.4, 0.5) is 0 Å². The fourth-order valence-corrected chi connectivity index (χ4v) is 2.85. The molecule has 0 aromatic heterocycles. The molecule has 0 radical (unpaired) electrons. The number of rotatable bonds is 8. The second-order valence-corrected chi connectivity index (χ2v) is 5.52. The van der Waals surface area contributed by atoms with E-state index < -0.39 is 0 Å². The molecule has 1 N–H and O–H groups in total. The Morgan fingerprint density at radius 2 is 1.94 bits per heavy atom. The van der Waals surface area contributed by atoms with Gasteiger partial charge in [-0.05, 0) is 37.6 Å². The average Bonchev–Trinajstić information content (AvgIpc) is 2.95. The summed E-state index contributed by atoms with van der Waals surface area (Å²) in [6.07, 6.45) is 9.85. The van der Waals surface area contributed by atoms with E-state index in [1.165, 1.54) is 44.9 Å². The van der Waals surface area contributed by atoms with Gasteiger partial charge in [-0.15, -0.1) is 0 Å². The van der Waals surface area contributed by atoms with Crippen molar-refractivity contribution in [3.8, 4) is 0 Å². The van der Waals surface area contributed by atoms with Gasteiger partial charge < -0.3 is 10.1 Å². The number of likely N-dealkylation sites (N-methyl/N-ethyl adjacent to an activating group) is 1. The first-order valence-electron chi connectivity index (χ1n) is 7.21. The number of hydrogen-bond donors (Lipinski definition) is 1. The fraction of sp³-hybridized carbons (Fsp3) is 1.00. The van der Waals surface area contributed by atoms with Gasteiger partial charge >= 0.3 is 0 Å². The van der Waals surface area contributed by atoms with Gasteiger partial charge in [-0.25, -0.2) is 0 Å². The van der Waals surface area contributed by atoms with Gasteiger partial charge in [0.2, 0.25) is 0 Å². The number of ether oxygens (including phenoxy) is 1. The van der Waals surface area contributed by atoms with Crippen molar-refractivity contribution in [3.05, 3.63) is 0 Å². The first-order valence-corrected chi connectivity index (χ1v) is 7.21. The van der Waals surface area contributed by atoms with Gasteiger partial charge in [-0.2, -0.15) is 0 Å².